The van der Waals surface area contributed by atoms with Crippen molar-refractivity contribution < 1.29 is 22.4 Å². The lowest BCUT2D eigenvalue weighted by Crippen LogP contribution is -2.34. The first-order valence-corrected chi connectivity index (χ1v) is 13.1. The van der Waals surface area contributed by atoms with E-state index in [1.807, 2.05) is 37.3 Å². The molecule has 40 heavy (non-hydrogen) atoms. The summed E-state index contributed by atoms with van der Waals surface area (Å²) in [5.41, 5.74) is 2.96. The van der Waals surface area contributed by atoms with Gasteiger partial charge in [0.05, 0.1) is 16.6 Å². The standard InChI is InChI=1S/C30H20Cl3F3N2O2/c1-16-2-9-26-21(10-16)28(18-4-6-19(31)7-5-18)27(40-26)15-38(14-17-3-8-22(32)23(33)11-17)30(39)37-29-24(35)12-20(34)13-25(29)36/h2-13H,14-15H2,1H3,(H,37,39). The van der Waals surface area contributed by atoms with Crippen LogP contribution < -0.4 is 5.32 Å². The van der Waals surface area contributed by atoms with E-state index in [1.165, 1.54) is 4.90 Å². The molecular weight excluding hydrogens is 584 g/mol. The number of carbonyl (C=O) groups is 1. The molecule has 2 amide bonds. The van der Waals surface area contributed by atoms with Crippen molar-refractivity contribution in [1.29, 1.82) is 0 Å². The van der Waals surface area contributed by atoms with Crippen LogP contribution >= 0.6 is 34.8 Å². The molecule has 0 saturated carbocycles. The summed E-state index contributed by atoms with van der Waals surface area (Å²) in [5.74, 6) is -3.17. The molecule has 0 atom stereocenters. The van der Waals surface area contributed by atoms with Gasteiger partial charge in [-0.2, -0.15) is 0 Å². The van der Waals surface area contributed by atoms with Crippen LogP contribution in [-0.4, -0.2) is 10.9 Å². The minimum atomic E-state index is -1.25. The van der Waals surface area contributed by atoms with Crippen LogP contribution in [0, 0.1) is 24.4 Å². The monoisotopic (exact) mass is 602 g/mol. The van der Waals surface area contributed by atoms with Gasteiger partial charge < -0.3 is 14.6 Å². The zero-order valence-corrected chi connectivity index (χ0v) is 23.1. The third kappa shape index (κ3) is 5.92. The number of furan rings is 1. The molecule has 1 N–H and O–H groups in total. The number of hydrogen-bond donors (Lipinski definition) is 1. The van der Waals surface area contributed by atoms with Gasteiger partial charge in [0, 0.05) is 34.6 Å². The van der Waals surface area contributed by atoms with E-state index >= 15 is 0 Å². The number of aryl methyl sites for hydroxylation is 1. The summed E-state index contributed by atoms with van der Waals surface area (Å²) < 4.78 is 48.5. The molecule has 0 aliphatic rings. The van der Waals surface area contributed by atoms with Crippen molar-refractivity contribution in [1.82, 2.24) is 4.90 Å². The number of benzene rings is 4. The Labute approximate surface area is 242 Å². The molecule has 0 bridgehead atoms. The molecule has 0 spiro atoms. The fourth-order valence-corrected chi connectivity index (χ4v) is 4.83. The van der Waals surface area contributed by atoms with Gasteiger partial charge in [-0.25, -0.2) is 18.0 Å². The SMILES string of the molecule is Cc1ccc2oc(CN(Cc3ccc(Cl)c(Cl)c3)C(=O)Nc3c(F)cc(F)cc3F)c(-c3ccc(Cl)cc3)c2c1. The summed E-state index contributed by atoms with van der Waals surface area (Å²) in [5, 5.41) is 4.21. The summed E-state index contributed by atoms with van der Waals surface area (Å²) in [6.45, 7) is 1.83. The molecule has 0 aliphatic carbocycles. The molecular formula is C30H20Cl3F3N2O2. The average Bonchev–Trinajstić information content (AvgIpc) is 3.25. The van der Waals surface area contributed by atoms with Gasteiger partial charge in [-0.1, -0.05) is 64.6 Å². The van der Waals surface area contributed by atoms with E-state index < -0.39 is 29.2 Å². The summed E-state index contributed by atoms with van der Waals surface area (Å²) in [4.78, 5) is 14.8. The molecule has 0 unspecified atom stereocenters. The van der Waals surface area contributed by atoms with Crippen LogP contribution in [0.4, 0.5) is 23.7 Å². The zero-order chi connectivity index (χ0) is 28.6. The predicted octanol–water partition coefficient (Wildman–Crippen LogP) is 10.0. The number of nitrogens with one attached hydrogen (secondary N) is 1. The van der Waals surface area contributed by atoms with Gasteiger partial charge in [0.1, 0.15) is 22.8 Å². The maximum absolute atomic E-state index is 14.4. The van der Waals surface area contributed by atoms with Crippen LogP contribution in [0.15, 0.2) is 77.2 Å². The van der Waals surface area contributed by atoms with Crippen molar-refractivity contribution in [2.24, 2.45) is 0 Å². The molecule has 4 aromatic carbocycles. The number of amides is 2. The van der Waals surface area contributed by atoms with Crippen molar-refractivity contribution in [2.75, 3.05) is 5.32 Å². The summed E-state index contributed by atoms with van der Waals surface area (Å²) >= 11 is 18.4. The van der Waals surface area contributed by atoms with E-state index in [4.69, 9.17) is 39.2 Å². The Bertz CT molecular complexity index is 1720. The fourth-order valence-electron chi connectivity index (χ4n) is 4.39. The maximum Gasteiger partial charge on any atom is 0.322 e. The highest BCUT2D eigenvalue weighted by atomic mass is 35.5. The van der Waals surface area contributed by atoms with Gasteiger partial charge >= 0.3 is 6.03 Å². The Hall–Kier alpha value is -3.65. The number of halogens is 6. The Kier molecular flexibility index (Phi) is 7.99. The first-order valence-electron chi connectivity index (χ1n) is 12.0. The Balaban J connectivity index is 1.58. The molecule has 0 aliphatic heterocycles. The average molecular weight is 604 g/mol. The molecule has 1 heterocycles. The van der Waals surface area contributed by atoms with E-state index in [1.54, 1.807) is 30.3 Å². The molecule has 1 aromatic heterocycles. The van der Waals surface area contributed by atoms with E-state index in [0.717, 1.165) is 22.1 Å². The second-order valence-corrected chi connectivity index (χ2v) is 10.4. The number of hydrogen-bond acceptors (Lipinski definition) is 2. The van der Waals surface area contributed by atoms with Gasteiger partial charge in [0.2, 0.25) is 0 Å². The minimum absolute atomic E-state index is 0.0245. The molecule has 5 aromatic rings. The molecule has 4 nitrogen and oxygen atoms in total. The minimum Gasteiger partial charge on any atom is -0.459 e. The lowest BCUT2D eigenvalue weighted by molar-refractivity contribution is 0.201. The zero-order valence-electron chi connectivity index (χ0n) is 20.9. The molecule has 5 rings (SSSR count). The number of carbonyl (C=O) groups excluding carboxylic acids is 1. The van der Waals surface area contributed by atoms with Crippen LogP contribution in [0.3, 0.4) is 0 Å². The number of urea groups is 1. The van der Waals surface area contributed by atoms with Gasteiger partial charge in [-0.15, -0.1) is 0 Å². The van der Waals surface area contributed by atoms with E-state index in [-0.39, 0.29) is 18.1 Å². The van der Waals surface area contributed by atoms with E-state index in [0.29, 0.717) is 39.1 Å². The van der Waals surface area contributed by atoms with E-state index in [2.05, 4.69) is 5.32 Å². The van der Waals surface area contributed by atoms with Gasteiger partial charge in [-0.3, -0.25) is 0 Å². The van der Waals surface area contributed by atoms with Crippen LogP contribution in [0.25, 0.3) is 22.1 Å². The van der Waals surface area contributed by atoms with Gasteiger partial charge in [0.15, 0.2) is 11.6 Å². The molecule has 0 radical (unpaired) electrons. The lowest BCUT2D eigenvalue weighted by atomic mass is 10.0. The Morgan fingerprint density at radius 1 is 0.850 bits per heavy atom. The highest BCUT2D eigenvalue weighted by Gasteiger charge is 2.24. The van der Waals surface area contributed by atoms with Gasteiger partial charge in [-0.05, 0) is 54.4 Å². The summed E-state index contributed by atoms with van der Waals surface area (Å²) in [6.07, 6.45) is 0. The molecule has 0 saturated heterocycles. The van der Waals surface area contributed by atoms with Crippen LogP contribution in [0.1, 0.15) is 16.9 Å². The number of rotatable bonds is 6. The third-order valence-corrected chi connectivity index (χ3v) is 7.26. The van der Waals surface area contributed by atoms with Crippen molar-refractivity contribution in [3.05, 3.63) is 122 Å². The molecule has 204 valence electrons. The number of fused-ring (bicyclic) bond motifs is 1. The Morgan fingerprint density at radius 3 is 2.23 bits per heavy atom. The summed E-state index contributed by atoms with van der Waals surface area (Å²) in [6, 6.07) is 17.8. The fraction of sp³-hybridized carbons (Fsp3) is 0.100. The lowest BCUT2D eigenvalue weighted by Gasteiger charge is -2.23. The molecule has 10 heteroatoms. The number of anilines is 1. The quantitative estimate of drug-likeness (QED) is 0.210. The first-order chi connectivity index (χ1) is 19.1. The second kappa shape index (κ2) is 11.5. The smallest absolute Gasteiger partial charge is 0.322 e. The number of nitrogens with zero attached hydrogens (tertiary/aromatic N) is 1. The van der Waals surface area contributed by atoms with Crippen LogP contribution in [0.5, 0.6) is 0 Å². The first kappa shape index (κ1) is 27.9. The third-order valence-electron chi connectivity index (χ3n) is 6.27. The van der Waals surface area contributed by atoms with Gasteiger partial charge in [0.25, 0.3) is 0 Å². The highest BCUT2D eigenvalue weighted by Crippen LogP contribution is 2.37. The maximum atomic E-state index is 14.4. The van der Waals surface area contributed by atoms with E-state index in [9.17, 15) is 18.0 Å². The Morgan fingerprint density at radius 2 is 1.55 bits per heavy atom. The molecule has 0 fully saturated rings. The summed E-state index contributed by atoms with van der Waals surface area (Å²) in [7, 11) is 0. The van der Waals surface area contributed by atoms with Crippen LogP contribution in [-0.2, 0) is 13.1 Å². The van der Waals surface area contributed by atoms with Crippen molar-refractivity contribution in [2.45, 2.75) is 20.0 Å². The topological polar surface area (TPSA) is 45.5 Å². The highest BCUT2D eigenvalue weighted by molar-refractivity contribution is 6.42. The second-order valence-electron chi connectivity index (χ2n) is 9.19. The largest absolute Gasteiger partial charge is 0.459 e. The van der Waals surface area contributed by atoms with Crippen molar-refractivity contribution in [3.63, 3.8) is 0 Å². The van der Waals surface area contributed by atoms with Crippen molar-refractivity contribution in [3.8, 4) is 11.1 Å². The predicted molar refractivity (Wildman–Crippen MR) is 152 cm³/mol. The van der Waals surface area contributed by atoms with Crippen molar-refractivity contribution >= 4 is 57.5 Å². The normalized spacial score (nSPS) is 11.2. The van der Waals surface area contributed by atoms with Crippen LogP contribution in [0.2, 0.25) is 15.1 Å².